The van der Waals surface area contributed by atoms with Crippen LogP contribution in [0.2, 0.25) is 0 Å². The number of hydrogen-bond donors (Lipinski definition) is 1. The van der Waals surface area contributed by atoms with Gasteiger partial charge < -0.3 is 10.2 Å². The van der Waals surface area contributed by atoms with Gasteiger partial charge in [0.2, 0.25) is 5.91 Å². The van der Waals surface area contributed by atoms with Crippen LogP contribution in [0.3, 0.4) is 0 Å². The van der Waals surface area contributed by atoms with Crippen LogP contribution in [0.1, 0.15) is 63.0 Å². The van der Waals surface area contributed by atoms with E-state index in [1.165, 1.54) is 43.4 Å². The molecule has 0 spiro atoms. The second-order valence-corrected chi connectivity index (χ2v) is 8.77. The molecule has 1 aromatic rings. The third kappa shape index (κ3) is 6.31. The molecule has 2 heterocycles. The van der Waals surface area contributed by atoms with Crippen molar-refractivity contribution in [3.8, 4) is 0 Å². The lowest BCUT2D eigenvalue weighted by Gasteiger charge is -2.35. The zero-order valence-corrected chi connectivity index (χ0v) is 18.0. The molecular weight excluding hydrogens is 346 g/mol. The van der Waals surface area contributed by atoms with Crippen molar-refractivity contribution in [2.24, 2.45) is 5.92 Å². The van der Waals surface area contributed by atoms with E-state index in [1.54, 1.807) is 0 Å². The number of aryl methyl sites for hydroxylation is 1. The molecule has 0 radical (unpaired) electrons. The number of likely N-dealkylation sites (tertiary alicyclic amines) is 2. The summed E-state index contributed by atoms with van der Waals surface area (Å²) < 4.78 is 0. The molecule has 1 atom stereocenters. The van der Waals surface area contributed by atoms with Crippen molar-refractivity contribution in [3.05, 3.63) is 35.4 Å². The van der Waals surface area contributed by atoms with Gasteiger partial charge in [-0.3, -0.25) is 9.69 Å². The average molecular weight is 386 g/mol. The minimum absolute atomic E-state index is 0.202. The van der Waals surface area contributed by atoms with Gasteiger partial charge >= 0.3 is 0 Å². The van der Waals surface area contributed by atoms with E-state index < -0.39 is 0 Å². The SMILES string of the molecule is CC[C@@H]1CCCCN1CCCNC(=O)C1CCN(Cc2ccc(C)cc2)CC1. The predicted octanol–water partition coefficient (Wildman–Crippen LogP) is 3.98. The van der Waals surface area contributed by atoms with Crippen molar-refractivity contribution in [1.82, 2.24) is 15.1 Å². The highest BCUT2D eigenvalue weighted by molar-refractivity contribution is 5.78. The molecule has 2 saturated heterocycles. The third-order valence-electron chi connectivity index (χ3n) is 6.63. The van der Waals surface area contributed by atoms with Crippen LogP contribution in [-0.4, -0.2) is 54.5 Å². The highest BCUT2D eigenvalue weighted by atomic mass is 16.1. The van der Waals surface area contributed by atoms with Gasteiger partial charge in [0.25, 0.3) is 0 Å². The van der Waals surface area contributed by atoms with Gasteiger partial charge in [-0.05, 0) is 70.6 Å². The van der Waals surface area contributed by atoms with Gasteiger partial charge in [0.1, 0.15) is 0 Å². The van der Waals surface area contributed by atoms with E-state index in [0.717, 1.165) is 58.0 Å². The molecule has 1 amide bonds. The van der Waals surface area contributed by atoms with Crippen LogP contribution >= 0.6 is 0 Å². The summed E-state index contributed by atoms with van der Waals surface area (Å²) in [6.07, 6.45) is 8.38. The highest BCUT2D eigenvalue weighted by Gasteiger charge is 2.25. The van der Waals surface area contributed by atoms with E-state index in [-0.39, 0.29) is 11.8 Å². The third-order valence-corrected chi connectivity index (χ3v) is 6.63. The van der Waals surface area contributed by atoms with Crippen molar-refractivity contribution in [2.45, 2.75) is 71.4 Å². The van der Waals surface area contributed by atoms with Crippen LogP contribution in [0.15, 0.2) is 24.3 Å². The molecule has 2 fully saturated rings. The molecular formula is C24H39N3O. The monoisotopic (exact) mass is 385 g/mol. The van der Waals surface area contributed by atoms with E-state index in [2.05, 4.69) is 53.2 Å². The van der Waals surface area contributed by atoms with E-state index in [4.69, 9.17) is 0 Å². The maximum atomic E-state index is 12.5. The number of nitrogens with zero attached hydrogens (tertiary/aromatic N) is 2. The number of carbonyl (C=O) groups excluding carboxylic acids is 1. The molecule has 0 saturated carbocycles. The fraction of sp³-hybridized carbons (Fsp3) is 0.708. The molecule has 2 aliphatic heterocycles. The topological polar surface area (TPSA) is 35.6 Å². The molecule has 1 N–H and O–H groups in total. The lowest BCUT2D eigenvalue weighted by atomic mass is 9.95. The Balaban J connectivity index is 1.31. The normalized spacial score (nSPS) is 22.3. The van der Waals surface area contributed by atoms with Crippen LogP contribution in [0, 0.1) is 12.8 Å². The fourth-order valence-corrected chi connectivity index (χ4v) is 4.76. The Morgan fingerprint density at radius 3 is 2.54 bits per heavy atom. The number of rotatable bonds is 8. The van der Waals surface area contributed by atoms with Crippen molar-refractivity contribution in [1.29, 1.82) is 0 Å². The van der Waals surface area contributed by atoms with Crippen LogP contribution in [0.5, 0.6) is 0 Å². The lowest BCUT2D eigenvalue weighted by Crippen LogP contribution is -2.42. The van der Waals surface area contributed by atoms with Crippen molar-refractivity contribution in [3.63, 3.8) is 0 Å². The van der Waals surface area contributed by atoms with Crippen molar-refractivity contribution >= 4 is 5.91 Å². The zero-order valence-electron chi connectivity index (χ0n) is 18.0. The molecule has 4 heteroatoms. The molecule has 0 unspecified atom stereocenters. The lowest BCUT2D eigenvalue weighted by molar-refractivity contribution is -0.126. The Morgan fingerprint density at radius 2 is 1.82 bits per heavy atom. The summed E-state index contributed by atoms with van der Waals surface area (Å²) in [7, 11) is 0. The van der Waals surface area contributed by atoms with Crippen LogP contribution < -0.4 is 5.32 Å². The number of piperidine rings is 2. The smallest absolute Gasteiger partial charge is 0.223 e. The first kappa shape index (κ1) is 21.3. The molecule has 0 bridgehead atoms. The van der Waals surface area contributed by atoms with E-state index >= 15 is 0 Å². The molecule has 0 aromatic heterocycles. The van der Waals surface area contributed by atoms with E-state index in [1.807, 2.05) is 0 Å². The zero-order chi connectivity index (χ0) is 19.8. The first-order valence-electron chi connectivity index (χ1n) is 11.5. The number of hydrogen-bond acceptors (Lipinski definition) is 3. The second-order valence-electron chi connectivity index (χ2n) is 8.77. The summed E-state index contributed by atoms with van der Waals surface area (Å²) in [4.78, 5) is 17.6. The number of benzene rings is 1. The number of nitrogens with one attached hydrogen (secondary N) is 1. The van der Waals surface area contributed by atoms with E-state index in [9.17, 15) is 4.79 Å². The number of carbonyl (C=O) groups is 1. The molecule has 3 rings (SSSR count). The van der Waals surface area contributed by atoms with Gasteiger partial charge in [0.05, 0.1) is 0 Å². The minimum atomic E-state index is 0.202. The molecule has 2 aliphatic rings. The van der Waals surface area contributed by atoms with Gasteiger partial charge in [0, 0.05) is 31.6 Å². The molecule has 4 nitrogen and oxygen atoms in total. The predicted molar refractivity (Wildman–Crippen MR) is 116 cm³/mol. The summed E-state index contributed by atoms with van der Waals surface area (Å²) in [6, 6.07) is 9.57. The van der Waals surface area contributed by atoms with E-state index in [0.29, 0.717) is 0 Å². The summed E-state index contributed by atoms with van der Waals surface area (Å²) in [5.41, 5.74) is 2.68. The first-order chi connectivity index (χ1) is 13.7. The maximum Gasteiger partial charge on any atom is 0.223 e. The van der Waals surface area contributed by atoms with Crippen LogP contribution in [-0.2, 0) is 11.3 Å². The van der Waals surface area contributed by atoms with Gasteiger partial charge in [-0.1, -0.05) is 43.2 Å². The first-order valence-corrected chi connectivity index (χ1v) is 11.5. The fourth-order valence-electron chi connectivity index (χ4n) is 4.76. The largest absolute Gasteiger partial charge is 0.356 e. The summed E-state index contributed by atoms with van der Waals surface area (Å²) in [5, 5.41) is 3.21. The Bertz CT molecular complexity index is 592. The van der Waals surface area contributed by atoms with Crippen LogP contribution in [0.4, 0.5) is 0 Å². The Kier molecular flexibility index (Phi) is 8.35. The Hall–Kier alpha value is -1.39. The second kappa shape index (κ2) is 11.0. The van der Waals surface area contributed by atoms with Gasteiger partial charge in [-0.25, -0.2) is 0 Å². The number of amides is 1. The van der Waals surface area contributed by atoms with Gasteiger partial charge in [-0.2, -0.15) is 0 Å². The summed E-state index contributed by atoms with van der Waals surface area (Å²) in [5.74, 6) is 0.480. The Labute approximate surface area is 171 Å². The van der Waals surface area contributed by atoms with Crippen molar-refractivity contribution < 1.29 is 4.79 Å². The quantitative estimate of drug-likeness (QED) is 0.688. The maximum absolute atomic E-state index is 12.5. The van der Waals surface area contributed by atoms with Gasteiger partial charge in [0.15, 0.2) is 0 Å². The molecule has 0 aliphatic carbocycles. The molecule has 1 aromatic carbocycles. The molecule has 156 valence electrons. The Morgan fingerprint density at radius 1 is 1.07 bits per heavy atom. The summed E-state index contributed by atoms with van der Waals surface area (Å²) >= 11 is 0. The minimum Gasteiger partial charge on any atom is -0.356 e. The standard InChI is InChI=1S/C24H39N3O/c1-3-23-7-4-5-15-27(23)16-6-14-25-24(28)22-12-17-26(18-13-22)19-21-10-8-20(2)9-11-21/h8-11,22-23H,3-7,12-19H2,1-2H3,(H,25,28)/t23-/m1/s1. The average Bonchev–Trinajstić information content (AvgIpc) is 2.73. The molecule has 28 heavy (non-hydrogen) atoms. The van der Waals surface area contributed by atoms with Gasteiger partial charge in [-0.15, -0.1) is 0 Å². The summed E-state index contributed by atoms with van der Waals surface area (Å²) in [6.45, 7) is 10.7. The van der Waals surface area contributed by atoms with Crippen LogP contribution in [0.25, 0.3) is 0 Å². The highest BCUT2D eigenvalue weighted by Crippen LogP contribution is 2.20. The van der Waals surface area contributed by atoms with Crippen molar-refractivity contribution in [2.75, 3.05) is 32.7 Å².